The zero-order valence-electron chi connectivity index (χ0n) is 11.7. The van der Waals surface area contributed by atoms with Gasteiger partial charge in [0, 0.05) is 19.1 Å². The Balaban J connectivity index is 2.01. The van der Waals surface area contributed by atoms with Gasteiger partial charge >= 0.3 is 6.03 Å². The van der Waals surface area contributed by atoms with Crippen molar-refractivity contribution in [1.82, 2.24) is 15.5 Å². The van der Waals surface area contributed by atoms with Crippen LogP contribution in [0.2, 0.25) is 0 Å². The van der Waals surface area contributed by atoms with E-state index in [4.69, 9.17) is 0 Å². The SMILES string of the molecule is CC(C)C1C(=O)NCCN1C(=O)NC1C=CCCC1. The standard InChI is InChI=1S/C14H23N3O2/c1-10(2)12-13(18)15-8-9-17(12)14(19)16-11-6-4-3-5-7-11/h4,6,10-12H,3,5,7-9H2,1-2H3,(H,15,18)(H,16,19). The van der Waals surface area contributed by atoms with Crippen molar-refractivity contribution in [2.24, 2.45) is 5.92 Å². The lowest BCUT2D eigenvalue weighted by Crippen LogP contribution is -2.61. The average molecular weight is 265 g/mol. The molecule has 1 aliphatic carbocycles. The molecular formula is C14H23N3O2. The quantitative estimate of drug-likeness (QED) is 0.738. The summed E-state index contributed by atoms with van der Waals surface area (Å²) in [5.74, 6) is 0.0727. The second-order valence-corrected chi connectivity index (χ2v) is 5.59. The largest absolute Gasteiger partial charge is 0.353 e. The molecule has 0 aromatic rings. The Morgan fingerprint density at radius 1 is 1.53 bits per heavy atom. The summed E-state index contributed by atoms with van der Waals surface area (Å²) in [7, 11) is 0. The first-order chi connectivity index (χ1) is 9.09. The minimum absolute atomic E-state index is 0.0458. The number of urea groups is 1. The molecule has 2 unspecified atom stereocenters. The zero-order valence-corrected chi connectivity index (χ0v) is 11.7. The number of amides is 3. The summed E-state index contributed by atoms with van der Waals surface area (Å²) in [6, 6.07) is -0.370. The molecule has 0 bridgehead atoms. The van der Waals surface area contributed by atoms with E-state index in [1.807, 2.05) is 13.8 Å². The molecule has 2 aliphatic rings. The van der Waals surface area contributed by atoms with Crippen LogP contribution in [0.3, 0.4) is 0 Å². The molecule has 19 heavy (non-hydrogen) atoms. The van der Waals surface area contributed by atoms with Gasteiger partial charge in [0.25, 0.3) is 0 Å². The first kappa shape index (κ1) is 13.9. The van der Waals surface area contributed by atoms with Gasteiger partial charge in [-0.05, 0) is 25.2 Å². The first-order valence-electron chi connectivity index (χ1n) is 7.11. The molecule has 2 atom stereocenters. The number of carbonyl (C=O) groups is 2. The van der Waals surface area contributed by atoms with Gasteiger partial charge in [-0.15, -0.1) is 0 Å². The molecular weight excluding hydrogens is 242 g/mol. The number of nitrogens with one attached hydrogen (secondary N) is 2. The van der Waals surface area contributed by atoms with Gasteiger partial charge in [0.2, 0.25) is 5.91 Å². The maximum absolute atomic E-state index is 12.3. The summed E-state index contributed by atoms with van der Waals surface area (Å²) in [6.07, 6.45) is 7.34. The molecule has 1 fully saturated rings. The van der Waals surface area contributed by atoms with E-state index in [9.17, 15) is 9.59 Å². The van der Waals surface area contributed by atoms with E-state index in [1.165, 1.54) is 0 Å². The van der Waals surface area contributed by atoms with Crippen LogP contribution >= 0.6 is 0 Å². The van der Waals surface area contributed by atoms with Crippen molar-refractivity contribution in [3.8, 4) is 0 Å². The number of carbonyl (C=O) groups excluding carboxylic acids is 2. The van der Waals surface area contributed by atoms with Crippen molar-refractivity contribution >= 4 is 11.9 Å². The predicted molar refractivity (Wildman–Crippen MR) is 73.7 cm³/mol. The molecule has 5 heteroatoms. The van der Waals surface area contributed by atoms with E-state index < -0.39 is 0 Å². The van der Waals surface area contributed by atoms with Gasteiger partial charge in [0.05, 0.1) is 0 Å². The number of allylic oxidation sites excluding steroid dienone is 1. The number of rotatable bonds is 2. The van der Waals surface area contributed by atoms with Crippen molar-refractivity contribution in [1.29, 1.82) is 0 Å². The van der Waals surface area contributed by atoms with Gasteiger partial charge in [-0.3, -0.25) is 4.79 Å². The molecule has 0 spiro atoms. The predicted octanol–water partition coefficient (Wildman–Crippen LogP) is 1.26. The lowest BCUT2D eigenvalue weighted by Gasteiger charge is -2.38. The van der Waals surface area contributed by atoms with E-state index in [0.29, 0.717) is 13.1 Å². The molecule has 1 heterocycles. The molecule has 0 aromatic carbocycles. The molecule has 106 valence electrons. The molecule has 2 N–H and O–H groups in total. The number of nitrogens with zero attached hydrogens (tertiary/aromatic N) is 1. The van der Waals surface area contributed by atoms with Crippen LogP contribution in [0.4, 0.5) is 4.79 Å². The lowest BCUT2D eigenvalue weighted by atomic mass is 9.99. The summed E-state index contributed by atoms with van der Waals surface area (Å²) in [4.78, 5) is 25.9. The Labute approximate surface area is 114 Å². The second-order valence-electron chi connectivity index (χ2n) is 5.59. The fraction of sp³-hybridized carbons (Fsp3) is 0.714. The van der Waals surface area contributed by atoms with E-state index in [-0.39, 0.29) is 29.9 Å². The number of piperazine rings is 1. The monoisotopic (exact) mass is 265 g/mol. The number of hydrogen-bond acceptors (Lipinski definition) is 2. The highest BCUT2D eigenvalue weighted by atomic mass is 16.2. The minimum Gasteiger partial charge on any atom is -0.353 e. The van der Waals surface area contributed by atoms with Crippen LogP contribution in [0.1, 0.15) is 33.1 Å². The van der Waals surface area contributed by atoms with Gasteiger partial charge < -0.3 is 15.5 Å². The summed E-state index contributed by atoms with van der Waals surface area (Å²) in [5.41, 5.74) is 0. The smallest absolute Gasteiger partial charge is 0.318 e. The molecule has 2 rings (SSSR count). The Morgan fingerprint density at radius 3 is 2.95 bits per heavy atom. The topological polar surface area (TPSA) is 61.4 Å². The third-order valence-electron chi connectivity index (χ3n) is 3.71. The summed E-state index contributed by atoms with van der Waals surface area (Å²) >= 11 is 0. The summed E-state index contributed by atoms with van der Waals surface area (Å²) in [6.45, 7) is 5.06. The van der Waals surface area contributed by atoms with Crippen LogP contribution in [-0.2, 0) is 4.79 Å². The van der Waals surface area contributed by atoms with Crippen LogP contribution < -0.4 is 10.6 Å². The maximum atomic E-state index is 12.3. The van der Waals surface area contributed by atoms with E-state index in [2.05, 4.69) is 22.8 Å². The van der Waals surface area contributed by atoms with Gasteiger partial charge in [-0.25, -0.2) is 4.79 Å². The normalized spacial score (nSPS) is 27.3. The van der Waals surface area contributed by atoms with Crippen LogP contribution in [-0.4, -0.2) is 42.0 Å². The molecule has 3 amide bonds. The highest BCUT2D eigenvalue weighted by Gasteiger charge is 2.35. The molecule has 5 nitrogen and oxygen atoms in total. The average Bonchev–Trinajstić information content (AvgIpc) is 2.39. The van der Waals surface area contributed by atoms with Crippen molar-refractivity contribution < 1.29 is 9.59 Å². The fourth-order valence-corrected chi connectivity index (χ4v) is 2.75. The summed E-state index contributed by atoms with van der Waals surface area (Å²) in [5, 5.41) is 5.84. The van der Waals surface area contributed by atoms with Gasteiger partial charge in [-0.2, -0.15) is 0 Å². The highest BCUT2D eigenvalue weighted by molar-refractivity contribution is 5.88. The Kier molecular flexibility index (Phi) is 4.45. The van der Waals surface area contributed by atoms with Crippen LogP contribution in [0.15, 0.2) is 12.2 Å². The second kappa shape index (κ2) is 6.08. The van der Waals surface area contributed by atoms with Crippen molar-refractivity contribution in [2.45, 2.75) is 45.2 Å². The van der Waals surface area contributed by atoms with Crippen molar-refractivity contribution in [3.05, 3.63) is 12.2 Å². The van der Waals surface area contributed by atoms with Crippen molar-refractivity contribution in [2.75, 3.05) is 13.1 Å². The van der Waals surface area contributed by atoms with Crippen LogP contribution in [0.5, 0.6) is 0 Å². The van der Waals surface area contributed by atoms with Gasteiger partial charge in [0.15, 0.2) is 0 Å². The van der Waals surface area contributed by atoms with Crippen molar-refractivity contribution in [3.63, 3.8) is 0 Å². The zero-order chi connectivity index (χ0) is 13.8. The third-order valence-corrected chi connectivity index (χ3v) is 3.71. The number of hydrogen-bond donors (Lipinski definition) is 2. The van der Waals surface area contributed by atoms with Gasteiger partial charge in [-0.1, -0.05) is 26.0 Å². The Hall–Kier alpha value is -1.52. The van der Waals surface area contributed by atoms with E-state index >= 15 is 0 Å². The Morgan fingerprint density at radius 2 is 2.32 bits per heavy atom. The lowest BCUT2D eigenvalue weighted by molar-refractivity contribution is -0.129. The van der Waals surface area contributed by atoms with E-state index in [0.717, 1.165) is 19.3 Å². The van der Waals surface area contributed by atoms with Crippen LogP contribution in [0, 0.1) is 5.92 Å². The Bertz CT molecular complexity index is 379. The third kappa shape index (κ3) is 3.28. The minimum atomic E-state index is -0.360. The molecule has 1 aliphatic heterocycles. The summed E-state index contributed by atoms with van der Waals surface area (Å²) < 4.78 is 0. The molecule has 0 aromatic heterocycles. The first-order valence-corrected chi connectivity index (χ1v) is 7.11. The highest BCUT2D eigenvalue weighted by Crippen LogP contribution is 2.16. The van der Waals surface area contributed by atoms with Crippen LogP contribution in [0.25, 0.3) is 0 Å². The van der Waals surface area contributed by atoms with Gasteiger partial charge in [0.1, 0.15) is 6.04 Å². The fourth-order valence-electron chi connectivity index (χ4n) is 2.75. The molecule has 0 radical (unpaired) electrons. The van der Waals surface area contributed by atoms with E-state index in [1.54, 1.807) is 4.90 Å². The molecule has 0 saturated carbocycles. The maximum Gasteiger partial charge on any atom is 0.318 e. The molecule has 1 saturated heterocycles.